The Morgan fingerprint density at radius 3 is 2.15 bits per heavy atom. The lowest BCUT2D eigenvalue weighted by Gasteiger charge is -2.07. The summed E-state index contributed by atoms with van der Waals surface area (Å²) in [6, 6.07) is 0.269. The molecule has 1 rings (SSSR count). The molecule has 1 atom stereocenters. The second kappa shape index (κ2) is 3.68. The molecule has 0 aromatic carbocycles. The Bertz CT molecular complexity index is 276. The summed E-state index contributed by atoms with van der Waals surface area (Å²) < 4.78 is 1.82. The van der Waals surface area contributed by atoms with Gasteiger partial charge in [-0.05, 0) is 27.7 Å². The molecule has 1 aromatic heterocycles. The second-order valence-electron chi connectivity index (χ2n) is 3.50. The molecular formula is C9H15ClN2O. The van der Waals surface area contributed by atoms with Crippen LogP contribution in [-0.2, 0) is 0 Å². The number of halogens is 1. The molecule has 0 aliphatic carbocycles. The van der Waals surface area contributed by atoms with Crippen molar-refractivity contribution in [2.45, 2.75) is 39.8 Å². The Morgan fingerprint density at radius 2 is 1.92 bits per heavy atom. The minimum absolute atomic E-state index is 0.269. The van der Waals surface area contributed by atoms with Crippen LogP contribution >= 0.6 is 11.6 Å². The highest BCUT2D eigenvalue weighted by Crippen LogP contribution is 2.26. The summed E-state index contributed by atoms with van der Waals surface area (Å²) in [6.45, 7) is 7.63. The van der Waals surface area contributed by atoms with Gasteiger partial charge in [0.05, 0.1) is 16.8 Å². The molecule has 4 heteroatoms. The van der Waals surface area contributed by atoms with Gasteiger partial charge < -0.3 is 5.11 Å². The summed E-state index contributed by atoms with van der Waals surface area (Å²) in [5.74, 6) is 0. The standard InChI is InChI=1S/C9H15ClN2O/c1-5(2)12-6(3)8(10)9(11-12)7(4)13/h5,7,13H,1-4H3. The van der Waals surface area contributed by atoms with Crippen molar-refractivity contribution in [3.63, 3.8) is 0 Å². The Balaban J connectivity index is 3.20. The number of aromatic nitrogens is 2. The predicted octanol–water partition coefficient (Wildman–Crippen LogP) is 2.48. The third-order valence-electron chi connectivity index (χ3n) is 1.99. The molecule has 0 bridgehead atoms. The Hall–Kier alpha value is -0.540. The molecule has 0 aliphatic rings. The van der Waals surface area contributed by atoms with Crippen LogP contribution in [0.15, 0.2) is 0 Å². The molecule has 13 heavy (non-hydrogen) atoms. The highest BCUT2D eigenvalue weighted by molar-refractivity contribution is 6.31. The van der Waals surface area contributed by atoms with Crippen molar-refractivity contribution in [2.24, 2.45) is 0 Å². The van der Waals surface area contributed by atoms with Gasteiger partial charge in [0.15, 0.2) is 0 Å². The van der Waals surface area contributed by atoms with Crippen molar-refractivity contribution in [3.8, 4) is 0 Å². The maximum absolute atomic E-state index is 9.36. The first-order valence-corrected chi connectivity index (χ1v) is 4.75. The Labute approximate surface area is 83.3 Å². The van der Waals surface area contributed by atoms with E-state index in [1.165, 1.54) is 0 Å². The topological polar surface area (TPSA) is 38.1 Å². The molecule has 74 valence electrons. The van der Waals surface area contributed by atoms with E-state index in [0.29, 0.717) is 10.7 Å². The number of rotatable bonds is 2. The average Bonchev–Trinajstić information content (AvgIpc) is 2.29. The van der Waals surface area contributed by atoms with Crippen LogP contribution in [-0.4, -0.2) is 14.9 Å². The minimum atomic E-state index is -0.605. The van der Waals surface area contributed by atoms with Crippen molar-refractivity contribution < 1.29 is 5.11 Å². The molecule has 3 nitrogen and oxygen atoms in total. The number of nitrogens with zero attached hydrogens (tertiary/aromatic N) is 2. The van der Waals surface area contributed by atoms with Crippen LogP contribution in [0.25, 0.3) is 0 Å². The van der Waals surface area contributed by atoms with E-state index in [2.05, 4.69) is 5.10 Å². The lowest BCUT2D eigenvalue weighted by molar-refractivity contribution is 0.193. The monoisotopic (exact) mass is 202 g/mol. The molecule has 1 unspecified atom stereocenters. The summed E-state index contributed by atoms with van der Waals surface area (Å²) in [4.78, 5) is 0. The molecule has 1 heterocycles. The van der Waals surface area contributed by atoms with Gasteiger partial charge in [-0.2, -0.15) is 5.10 Å². The molecule has 0 radical (unpaired) electrons. The summed E-state index contributed by atoms with van der Waals surface area (Å²) >= 11 is 6.01. The second-order valence-corrected chi connectivity index (χ2v) is 3.88. The summed E-state index contributed by atoms with van der Waals surface area (Å²) in [7, 11) is 0. The zero-order valence-corrected chi connectivity index (χ0v) is 9.13. The number of hydrogen-bond donors (Lipinski definition) is 1. The van der Waals surface area contributed by atoms with Gasteiger partial charge in [-0.15, -0.1) is 0 Å². The van der Waals surface area contributed by atoms with Crippen LogP contribution in [0.5, 0.6) is 0 Å². The molecule has 1 aromatic rings. The quantitative estimate of drug-likeness (QED) is 0.800. The first-order chi connectivity index (χ1) is 5.95. The maximum atomic E-state index is 9.36. The van der Waals surface area contributed by atoms with Gasteiger partial charge in [-0.3, -0.25) is 4.68 Å². The number of aliphatic hydroxyl groups is 1. The van der Waals surface area contributed by atoms with E-state index in [1.54, 1.807) is 6.92 Å². The largest absolute Gasteiger partial charge is 0.387 e. The first kappa shape index (κ1) is 10.5. The van der Waals surface area contributed by atoms with Crippen LogP contribution in [0.1, 0.15) is 44.3 Å². The van der Waals surface area contributed by atoms with Gasteiger partial charge in [0.1, 0.15) is 5.69 Å². The first-order valence-electron chi connectivity index (χ1n) is 4.37. The van der Waals surface area contributed by atoms with Crippen molar-refractivity contribution >= 4 is 11.6 Å². The Kier molecular flexibility index (Phi) is 2.98. The molecule has 0 aliphatic heterocycles. The van der Waals surface area contributed by atoms with Crippen LogP contribution < -0.4 is 0 Å². The molecular weight excluding hydrogens is 188 g/mol. The van der Waals surface area contributed by atoms with Crippen molar-refractivity contribution in [2.75, 3.05) is 0 Å². The van der Waals surface area contributed by atoms with Crippen LogP contribution in [0.3, 0.4) is 0 Å². The molecule has 0 saturated carbocycles. The summed E-state index contributed by atoms with van der Waals surface area (Å²) in [6.07, 6.45) is -0.605. The lowest BCUT2D eigenvalue weighted by Crippen LogP contribution is -2.05. The minimum Gasteiger partial charge on any atom is -0.387 e. The van der Waals surface area contributed by atoms with Gasteiger partial charge in [0.25, 0.3) is 0 Å². The van der Waals surface area contributed by atoms with Gasteiger partial charge in [-0.25, -0.2) is 0 Å². The van der Waals surface area contributed by atoms with Gasteiger partial charge >= 0.3 is 0 Å². The highest BCUT2D eigenvalue weighted by Gasteiger charge is 2.17. The number of hydrogen-bond acceptors (Lipinski definition) is 2. The maximum Gasteiger partial charge on any atom is 0.110 e. The normalized spacial score (nSPS) is 13.8. The van der Waals surface area contributed by atoms with Gasteiger partial charge in [-0.1, -0.05) is 11.6 Å². The molecule has 0 fully saturated rings. The lowest BCUT2D eigenvalue weighted by atomic mass is 10.2. The zero-order valence-electron chi connectivity index (χ0n) is 8.37. The van der Waals surface area contributed by atoms with E-state index in [1.807, 2.05) is 25.5 Å². The zero-order chi connectivity index (χ0) is 10.2. The van der Waals surface area contributed by atoms with E-state index in [9.17, 15) is 5.11 Å². The van der Waals surface area contributed by atoms with Gasteiger partial charge in [0.2, 0.25) is 0 Å². The smallest absolute Gasteiger partial charge is 0.110 e. The Morgan fingerprint density at radius 1 is 1.38 bits per heavy atom. The third-order valence-corrected chi connectivity index (χ3v) is 2.45. The van der Waals surface area contributed by atoms with Crippen molar-refractivity contribution in [1.82, 2.24) is 9.78 Å². The number of aliphatic hydroxyl groups excluding tert-OH is 1. The van der Waals surface area contributed by atoms with Crippen LogP contribution in [0.4, 0.5) is 0 Å². The summed E-state index contributed by atoms with van der Waals surface area (Å²) in [5, 5.41) is 14.2. The average molecular weight is 203 g/mol. The van der Waals surface area contributed by atoms with E-state index >= 15 is 0 Å². The van der Waals surface area contributed by atoms with E-state index in [4.69, 9.17) is 11.6 Å². The fourth-order valence-corrected chi connectivity index (χ4v) is 1.57. The predicted molar refractivity (Wildman–Crippen MR) is 53.0 cm³/mol. The van der Waals surface area contributed by atoms with Crippen LogP contribution in [0.2, 0.25) is 5.02 Å². The molecule has 1 N–H and O–H groups in total. The molecule has 0 spiro atoms. The van der Waals surface area contributed by atoms with E-state index < -0.39 is 6.10 Å². The fraction of sp³-hybridized carbons (Fsp3) is 0.667. The molecule has 0 amide bonds. The fourth-order valence-electron chi connectivity index (χ4n) is 1.29. The van der Waals surface area contributed by atoms with E-state index in [-0.39, 0.29) is 6.04 Å². The van der Waals surface area contributed by atoms with Crippen molar-refractivity contribution in [1.29, 1.82) is 0 Å². The van der Waals surface area contributed by atoms with Gasteiger partial charge in [0, 0.05) is 6.04 Å². The third kappa shape index (κ3) is 1.86. The highest BCUT2D eigenvalue weighted by atomic mass is 35.5. The van der Waals surface area contributed by atoms with E-state index in [0.717, 1.165) is 5.69 Å². The molecule has 0 saturated heterocycles. The van der Waals surface area contributed by atoms with Crippen LogP contribution in [0, 0.1) is 6.92 Å². The van der Waals surface area contributed by atoms with Crippen molar-refractivity contribution in [3.05, 3.63) is 16.4 Å². The summed E-state index contributed by atoms with van der Waals surface area (Å²) in [5.41, 5.74) is 1.47. The SMILES string of the molecule is Cc1c(Cl)c(C(C)O)nn1C(C)C.